The average Bonchev–Trinajstić information content (AvgIpc) is 2.63. The molecule has 1 aromatic rings. The molecule has 0 unspecified atom stereocenters. The molecule has 0 aliphatic carbocycles. The van der Waals surface area contributed by atoms with Crippen LogP contribution < -0.4 is 10.6 Å². The van der Waals surface area contributed by atoms with Crippen LogP contribution in [0.5, 0.6) is 0 Å². The summed E-state index contributed by atoms with van der Waals surface area (Å²) in [5.74, 6) is -0.0833. The molecule has 0 amide bonds. The van der Waals surface area contributed by atoms with Gasteiger partial charge in [0.05, 0.1) is 0 Å². The van der Waals surface area contributed by atoms with E-state index in [1.807, 2.05) is 6.07 Å². The van der Waals surface area contributed by atoms with Crippen LogP contribution in [-0.4, -0.2) is 19.1 Å². The van der Waals surface area contributed by atoms with E-state index in [0.717, 1.165) is 37.2 Å². The molecule has 0 bridgehead atoms. The zero-order chi connectivity index (χ0) is 10.8. The van der Waals surface area contributed by atoms with Crippen molar-refractivity contribution in [3.63, 3.8) is 0 Å². The van der Waals surface area contributed by atoms with Gasteiger partial charge in [-0.15, -0.1) is 0 Å². The zero-order valence-corrected chi connectivity index (χ0v) is 9.04. The highest BCUT2D eigenvalue weighted by Gasteiger charge is 2.22. The Morgan fingerprint density at radius 2 is 2.33 bits per heavy atom. The first-order valence-electron chi connectivity index (χ1n) is 5.50. The lowest BCUT2D eigenvalue weighted by Gasteiger charge is -2.22. The molecule has 0 spiro atoms. The van der Waals surface area contributed by atoms with E-state index in [4.69, 9.17) is 5.73 Å². The van der Waals surface area contributed by atoms with E-state index in [1.165, 1.54) is 6.07 Å². The van der Waals surface area contributed by atoms with Crippen LogP contribution in [0.1, 0.15) is 18.9 Å². The molecule has 0 fully saturated rings. The third-order valence-corrected chi connectivity index (χ3v) is 3.05. The minimum atomic E-state index is -0.0833. The summed E-state index contributed by atoms with van der Waals surface area (Å²) < 4.78 is 13.4. The smallest absolute Gasteiger partial charge is 0.128 e. The van der Waals surface area contributed by atoms with E-state index < -0.39 is 0 Å². The van der Waals surface area contributed by atoms with Crippen molar-refractivity contribution < 1.29 is 4.39 Å². The normalized spacial score (nSPS) is 16.6. The third-order valence-electron chi connectivity index (χ3n) is 3.05. The van der Waals surface area contributed by atoms with E-state index in [1.54, 1.807) is 6.07 Å². The summed E-state index contributed by atoms with van der Waals surface area (Å²) in [7, 11) is 0. The molecule has 2 rings (SSSR count). The Morgan fingerprint density at radius 1 is 1.53 bits per heavy atom. The van der Waals surface area contributed by atoms with Gasteiger partial charge in [-0.05, 0) is 25.0 Å². The number of hydrogen-bond donors (Lipinski definition) is 1. The zero-order valence-electron chi connectivity index (χ0n) is 9.04. The first-order valence-corrected chi connectivity index (χ1v) is 5.50. The fourth-order valence-corrected chi connectivity index (χ4v) is 2.06. The van der Waals surface area contributed by atoms with Crippen LogP contribution in [0.15, 0.2) is 18.2 Å². The van der Waals surface area contributed by atoms with Gasteiger partial charge >= 0.3 is 0 Å². The quantitative estimate of drug-likeness (QED) is 0.822. The highest BCUT2D eigenvalue weighted by molar-refractivity contribution is 5.58. The monoisotopic (exact) mass is 208 g/mol. The van der Waals surface area contributed by atoms with Crippen molar-refractivity contribution in [1.82, 2.24) is 0 Å². The van der Waals surface area contributed by atoms with Crippen molar-refractivity contribution in [2.24, 2.45) is 5.73 Å². The van der Waals surface area contributed by atoms with Gasteiger partial charge in [-0.25, -0.2) is 4.39 Å². The van der Waals surface area contributed by atoms with Crippen molar-refractivity contribution in [2.75, 3.05) is 18.0 Å². The van der Waals surface area contributed by atoms with Gasteiger partial charge < -0.3 is 10.6 Å². The second-order valence-electron chi connectivity index (χ2n) is 4.10. The second kappa shape index (κ2) is 4.19. The molecule has 1 aromatic carbocycles. The predicted molar refractivity (Wildman–Crippen MR) is 60.6 cm³/mol. The van der Waals surface area contributed by atoms with Crippen LogP contribution in [-0.2, 0) is 6.42 Å². The van der Waals surface area contributed by atoms with Crippen LogP contribution in [0.25, 0.3) is 0 Å². The van der Waals surface area contributed by atoms with E-state index >= 15 is 0 Å². The molecular formula is C12H17FN2. The summed E-state index contributed by atoms with van der Waals surface area (Å²) in [6, 6.07) is 5.46. The van der Waals surface area contributed by atoms with Gasteiger partial charge in [-0.3, -0.25) is 0 Å². The fourth-order valence-electron chi connectivity index (χ4n) is 2.06. The maximum absolute atomic E-state index is 13.4. The van der Waals surface area contributed by atoms with Crippen molar-refractivity contribution >= 4 is 5.69 Å². The number of anilines is 1. The molecule has 0 radical (unpaired) electrons. The topological polar surface area (TPSA) is 29.3 Å². The van der Waals surface area contributed by atoms with E-state index in [2.05, 4.69) is 11.8 Å². The van der Waals surface area contributed by atoms with Crippen LogP contribution in [0.3, 0.4) is 0 Å². The lowest BCUT2D eigenvalue weighted by atomic mass is 10.1. The minimum Gasteiger partial charge on any atom is -0.369 e. The number of nitrogens with two attached hydrogens (primary N) is 1. The van der Waals surface area contributed by atoms with Crippen molar-refractivity contribution in [3.8, 4) is 0 Å². The lowest BCUT2D eigenvalue weighted by Crippen LogP contribution is -2.36. The Morgan fingerprint density at radius 3 is 3.07 bits per heavy atom. The second-order valence-corrected chi connectivity index (χ2v) is 4.10. The number of halogens is 1. The van der Waals surface area contributed by atoms with Crippen LogP contribution in [0.2, 0.25) is 0 Å². The predicted octanol–water partition coefficient (Wildman–Crippen LogP) is 1.93. The largest absolute Gasteiger partial charge is 0.369 e. The molecule has 0 aromatic heterocycles. The van der Waals surface area contributed by atoms with Crippen LogP contribution >= 0.6 is 0 Å². The Hall–Kier alpha value is -1.09. The summed E-state index contributed by atoms with van der Waals surface area (Å²) >= 11 is 0. The van der Waals surface area contributed by atoms with Crippen molar-refractivity contribution in [1.29, 1.82) is 0 Å². The molecule has 1 aliphatic heterocycles. The van der Waals surface area contributed by atoms with Gasteiger partial charge in [0.2, 0.25) is 0 Å². The van der Waals surface area contributed by atoms with Gasteiger partial charge in [0, 0.05) is 30.4 Å². The Labute approximate surface area is 89.9 Å². The number of fused-ring (bicyclic) bond motifs is 1. The van der Waals surface area contributed by atoms with Gasteiger partial charge in [0.15, 0.2) is 0 Å². The third kappa shape index (κ3) is 1.97. The van der Waals surface area contributed by atoms with E-state index in [0.29, 0.717) is 0 Å². The first-order chi connectivity index (χ1) is 7.22. The molecule has 0 saturated carbocycles. The number of nitrogens with zero attached hydrogens (tertiary/aromatic N) is 1. The standard InChI is InChI=1S/C12H17FN2/c1-2-9(14)8-15-7-6-10-11(13)4-3-5-12(10)15/h3-5,9H,2,6-8,14H2,1H3/t9-/m0/s1. The summed E-state index contributed by atoms with van der Waals surface area (Å²) in [6.45, 7) is 3.80. The van der Waals surface area contributed by atoms with Crippen LogP contribution in [0, 0.1) is 5.82 Å². The summed E-state index contributed by atoms with van der Waals surface area (Å²) in [6.07, 6.45) is 1.76. The molecule has 3 heteroatoms. The maximum Gasteiger partial charge on any atom is 0.128 e. The van der Waals surface area contributed by atoms with Crippen LogP contribution in [0.4, 0.5) is 10.1 Å². The molecule has 15 heavy (non-hydrogen) atoms. The summed E-state index contributed by atoms with van der Waals surface area (Å²) in [5, 5.41) is 0. The van der Waals surface area contributed by atoms with Crippen molar-refractivity contribution in [3.05, 3.63) is 29.6 Å². The summed E-state index contributed by atoms with van der Waals surface area (Å²) in [5.41, 5.74) is 7.79. The lowest BCUT2D eigenvalue weighted by molar-refractivity contribution is 0.614. The summed E-state index contributed by atoms with van der Waals surface area (Å²) in [4.78, 5) is 2.19. The van der Waals surface area contributed by atoms with E-state index in [-0.39, 0.29) is 11.9 Å². The molecule has 2 nitrogen and oxygen atoms in total. The molecule has 82 valence electrons. The molecule has 0 saturated heterocycles. The maximum atomic E-state index is 13.4. The van der Waals surface area contributed by atoms with Gasteiger partial charge in [-0.1, -0.05) is 13.0 Å². The van der Waals surface area contributed by atoms with E-state index in [9.17, 15) is 4.39 Å². The fraction of sp³-hybridized carbons (Fsp3) is 0.500. The highest BCUT2D eigenvalue weighted by Crippen LogP contribution is 2.29. The molecule has 1 heterocycles. The van der Waals surface area contributed by atoms with Gasteiger partial charge in [0.25, 0.3) is 0 Å². The Bertz CT molecular complexity index is 351. The Balaban J connectivity index is 2.18. The molecule has 1 aliphatic rings. The number of benzene rings is 1. The van der Waals surface area contributed by atoms with Gasteiger partial charge in [0.1, 0.15) is 5.82 Å². The average molecular weight is 208 g/mol. The SMILES string of the molecule is CC[C@H](N)CN1CCc2c(F)cccc21. The molecule has 1 atom stereocenters. The Kier molecular flexibility index (Phi) is 2.91. The number of rotatable bonds is 3. The number of hydrogen-bond acceptors (Lipinski definition) is 2. The molecule has 2 N–H and O–H groups in total. The highest BCUT2D eigenvalue weighted by atomic mass is 19.1. The first kappa shape index (κ1) is 10.4. The molecular weight excluding hydrogens is 191 g/mol. The minimum absolute atomic E-state index is 0.0833. The van der Waals surface area contributed by atoms with Crippen molar-refractivity contribution in [2.45, 2.75) is 25.8 Å². The van der Waals surface area contributed by atoms with Gasteiger partial charge in [-0.2, -0.15) is 0 Å².